The second-order valence-electron chi connectivity index (χ2n) is 4.68. The van der Waals surface area contributed by atoms with Crippen molar-refractivity contribution in [3.63, 3.8) is 0 Å². The van der Waals surface area contributed by atoms with Crippen LogP contribution in [0.25, 0.3) is 0 Å². The molecular formula is C14H19BrN4. The van der Waals surface area contributed by atoms with Crippen LogP contribution in [0.5, 0.6) is 0 Å². The van der Waals surface area contributed by atoms with Crippen molar-refractivity contribution < 1.29 is 0 Å². The van der Waals surface area contributed by atoms with Gasteiger partial charge in [0.05, 0.1) is 5.69 Å². The minimum Gasteiger partial charge on any atom is -0.314 e. The smallest absolute Gasteiger partial charge is 0.0842 e. The van der Waals surface area contributed by atoms with Crippen molar-refractivity contribution >= 4 is 15.9 Å². The number of nitrogens with zero attached hydrogens (tertiary/aromatic N) is 3. The van der Waals surface area contributed by atoms with Crippen LogP contribution in [0.4, 0.5) is 0 Å². The molecular weight excluding hydrogens is 304 g/mol. The Kier molecular flexibility index (Phi) is 5.10. The maximum absolute atomic E-state index is 4.16. The second-order valence-corrected chi connectivity index (χ2v) is 5.59. The van der Waals surface area contributed by atoms with Crippen LogP contribution in [-0.4, -0.2) is 27.6 Å². The van der Waals surface area contributed by atoms with Crippen molar-refractivity contribution in [2.24, 2.45) is 7.05 Å². The fourth-order valence-electron chi connectivity index (χ4n) is 2.19. The third kappa shape index (κ3) is 4.44. The molecule has 0 aliphatic heterocycles. The minimum atomic E-state index is 0.385. The molecule has 0 saturated heterocycles. The summed E-state index contributed by atoms with van der Waals surface area (Å²) in [7, 11) is 1.90. The fourth-order valence-corrected chi connectivity index (χ4v) is 2.64. The quantitative estimate of drug-likeness (QED) is 0.887. The number of likely N-dealkylation sites (N-methyl/N-ethyl adjacent to an activating group) is 1. The molecule has 1 unspecified atom stereocenters. The topological polar surface area (TPSA) is 42.7 Å². The lowest BCUT2D eigenvalue weighted by atomic mass is 10.0. The van der Waals surface area contributed by atoms with E-state index in [-0.39, 0.29) is 0 Å². The third-order valence-corrected chi connectivity index (χ3v) is 3.46. The molecule has 0 saturated carbocycles. The number of halogens is 1. The molecule has 0 bridgehead atoms. The lowest BCUT2D eigenvalue weighted by Gasteiger charge is -2.16. The van der Waals surface area contributed by atoms with E-state index < -0.39 is 0 Å². The van der Waals surface area contributed by atoms with Gasteiger partial charge in [-0.25, -0.2) is 0 Å². The highest BCUT2D eigenvalue weighted by Gasteiger charge is 2.11. The molecule has 0 spiro atoms. The predicted octanol–water partition coefficient (Wildman–Crippen LogP) is 2.34. The highest BCUT2D eigenvalue weighted by Crippen LogP contribution is 2.14. The maximum Gasteiger partial charge on any atom is 0.0842 e. The molecule has 0 aliphatic carbocycles. The molecule has 19 heavy (non-hydrogen) atoms. The number of hydrogen-bond acceptors (Lipinski definition) is 3. The van der Waals surface area contributed by atoms with Crippen molar-refractivity contribution in [2.75, 3.05) is 6.54 Å². The lowest BCUT2D eigenvalue weighted by Crippen LogP contribution is -2.33. The molecule has 2 rings (SSSR count). The molecule has 102 valence electrons. The van der Waals surface area contributed by atoms with Gasteiger partial charge in [-0.2, -0.15) is 0 Å². The van der Waals surface area contributed by atoms with Gasteiger partial charge in [-0.1, -0.05) is 40.2 Å². The van der Waals surface area contributed by atoms with E-state index in [1.54, 1.807) is 4.68 Å². The molecule has 0 amide bonds. The van der Waals surface area contributed by atoms with Crippen LogP contribution in [0, 0.1) is 0 Å². The van der Waals surface area contributed by atoms with Crippen molar-refractivity contribution in [3.05, 3.63) is 46.2 Å². The van der Waals surface area contributed by atoms with Crippen LogP contribution < -0.4 is 5.32 Å². The molecule has 1 atom stereocenters. The number of benzene rings is 1. The molecule has 1 aromatic heterocycles. The van der Waals surface area contributed by atoms with Gasteiger partial charge in [0.1, 0.15) is 0 Å². The molecule has 1 aromatic carbocycles. The number of nitrogens with one attached hydrogen (secondary N) is 1. The van der Waals surface area contributed by atoms with E-state index in [4.69, 9.17) is 0 Å². The molecule has 2 aromatic rings. The van der Waals surface area contributed by atoms with Gasteiger partial charge >= 0.3 is 0 Å². The summed E-state index contributed by atoms with van der Waals surface area (Å²) in [6.07, 6.45) is 3.86. The zero-order valence-corrected chi connectivity index (χ0v) is 12.9. The summed E-state index contributed by atoms with van der Waals surface area (Å²) in [5.74, 6) is 0. The minimum absolute atomic E-state index is 0.385. The standard InChI is InChI=1S/C14H19BrN4/c1-3-16-13(9-14-10-19(2)18-17-14)8-11-5-4-6-12(15)7-11/h4-7,10,13,16H,3,8-9H2,1-2H3. The molecule has 0 radical (unpaired) electrons. The normalized spacial score (nSPS) is 12.6. The van der Waals surface area contributed by atoms with Crippen LogP contribution in [0.2, 0.25) is 0 Å². The first kappa shape index (κ1) is 14.2. The van der Waals surface area contributed by atoms with Crippen molar-refractivity contribution in [3.8, 4) is 0 Å². The number of aromatic nitrogens is 3. The summed E-state index contributed by atoms with van der Waals surface area (Å²) in [6.45, 7) is 3.09. The summed E-state index contributed by atoms with van der Waals surface area (Å²) in [5, 5.41) is 11.7. The Morgan fingerprint density at radius 1 is 1.37 bits per heavy atom. The SMILES string of the molecule is CCNC(Cc1cccc(Br)c1)Cc1cn(C)nn1. The van der Waals surface area contributed by atoms with Crippen LogP contribution in [0.3, 0.4) is 0 Å². The Bertz CT molecular complexity index is 524. The number of rotatable bonds is 6. The van der Waals surface area contributed by atoms with E-state index in [1.165, 1.54) is 5.56 Å². The zero-order valence-electron chi connectivity index (χ0n) is 11.3. The number of hydrogen-bond donors (Lipinski definition) is 1. The van der Waals surface area contributed by atoms with Gasteiger partial charge in [-0.05, 0) is 30.7 Å². The Labute approximate surface area is 122 Å². The van der Waals surface area contributed by atoms with Crippen molar-refractivity contribution in [1.29, 1.82) is 0 Å². The van der Waals surface area contributed by atoms with Crippen LogP contribution in [0.1, 0.15) is 18.2 Å². The highest BCUT2D eigenvalue weighted by molar-refractivity contribution is 9.10. The maximum atomic E-state index is 4.16. The summed E-state index contributed by atoms with van der Waals surface area (Å²) in [4.78, 5) is 0. The second kappa shape index (κ2) is 6.82. The summed E-state index contributed by atoms with van der Waals surface area (Å²) in [6, 6.07) is 8.84. The Balaban J connectivity index is 2.03. The van der Waals surface area contributed by atoms with E-state index in [0.717, 1.165) is 29.6 Å². The first-order chi connectivity index (χ1) is 9.17. The molecule has 4 nitrogen and oxygen atoms in total. The van der Waals surface area contributed by atoms with E-state index in [2.05, 4.69) is 62.7 Å². The van der Waals surface area contributed by atoms with Crippen LogP contribution >= 0.6 is 15.9 Å². The van der Waals surface area contributed by atoms with Gasteiger partial charge in [0, 0.05) is 30.2 Å². The molecule has 1 N–H and O–H groups in total. The van der Waals surface area contributed by atoms with E-state index in [1.807, 2.05) is 13.2 Å². The molecule has 1 heterocycles. The summed E-state index contributed by atoms with van der Waals surface area (Å²) in [5.41, 5.74) is 2.35. The Morgan fingerprint density at radius 3 is 2.84 bits per heavy atom. The van der Waals surface area contributed by atoms with Gasteiger partial charge in [0.2, 0.25) is 0 Å². The first-order valence-electron chi connectivity index (χ1n) is 6.50. The van der Waals surface area contributed by atoms with Gasteiger partial charge in [-0.15, -0.1) is 5.10 Å². The predicted molar refractivity (Wildman–Crippen MR) is 80.0 cm³/mol. The largest absolute Gasteiger partial charge is 0.314 e. The Morgan fingerprint density at radius 2 is 2.21 bits per heavy atom. The molecule has 5 heteroatoms. The summed E-state index contributed by atoms with van der Waals surface area (Å²) < 4.78 is 2.87. The zero-order chi connectivity index (χ0) is 13.7. The number of aryl methyl sites for hydroxylation is 1. The van der Waals surface area contributed by atoms with Crippen LogP contribution in [0.15, 0.2) is 34.9 Å². The average molecular weight is 323 g/mol. The van der Waals surface area contributed by atoms with Gasteiger partial charge in [0.25, 0.3) is 0 Å². The first-order valence-corrected chi connectivity index (χ1v) is 7.29. The third-order valence-electron chi connectivity index (χ3n) is 2.97. The molecule has 0 aliphatic rings. The van der Waals surface area contributed by atoms with Crippen molar-refractivity contribution in [2.45, 2.75) is 25.8 Å². The van der Waals surface area contributed by atoms with Gasteiger partial charge in [-0.3, -0.25) is 4.68 Å². The lowest BCUT2D eigenvalue weighted by molar-refractivity contribution is 0.516. The average Bonchev–Trinajstić information content (AvgIpc) is 2.75. The molecule has 0 fully saturated rings. The van der Waals surface area contributed by atoms with Crippen molar-refractivity contribution in [1.82, 2.24) is 20.3 Å². The summed E-state index contributed by atoms with van der Waals surface area (Å²) >= 11 is 3.52. The van der Waals surface area contributed by atoms with Gasteiger partial charge in [0.15, 0.2) is 0 Å². The van der Waals surface area contributed by atoms with Crippen LogP contribution in [-0.2, 0) is 19.9 Å². The van der Waals surface area contributed by atoms with E-state index in [0.29, 0.717) is 6.04 Å². The monoisotopic (exact) mass is 322 g/mol. The van der Waals surface area contributed by atoms with E-state index >= 15 is 0 Å². The fraction of sp³-hybridized carbons (Fsp3) is 0.429. The van der Waals surface area contributed by atoms with Gasteiger partial charge < -0.3 is 5.32 Å². The highest BCUT2D eigenvalue weighted by atomic mass is 79.9. The Hall–Kier alpha value is -1.20. The van der Waals surface area contributed by atoms with E-state index in [9.17, 15) is 0 Å².